The van der Waals surface area contributed by atoms with E-state index in [-0.39, 0.29) is 6.04 Å². The Morgan fingerprint density at radius 1 is 1.50 bits per heavy atom. The Kier molecular flexibility index (Phi) is 3.39. The molecule has 1 aliphatic heterocycles. The van der Waals surface area contributed by atoms with Gasteiger partial charge in [0.15, 0.2) is 0 Å². The maximum Gasteiger partial charge on any atom is 0.133 e. The molecular weight excluding hydrogens is 205 g/mol. The predicted octanol–water partition coefficient (Wildman–Crippen LogP) is 1.84. The van der Waals surface area contributed by atoms with Crippen molar-refractivity contribution in [1.29, 1.82) is 0 Å². The number of hydrogen-bond acceptors (Lipinski definition) is 3. The lowest BCUT2D eigenvalue weighted by molar-refractivity contribution is 0.149. The standard InChI is InChI=1S/C12H18FN3/c1-9-5-10(7-14-6-9)15-12-3-4-16(2)8-11(12)13/h5-7,11-12,15H,3-4,8H2,1-2H3/t11-,12+/m1/s1. The summed E-state index contributed by atoms with van der Waals surface area (Å²) in [5, 5.41) is 3.23. The number of rotatable bonds is 2. The van der Waals surface area contributed by atoms with Gasteiger partial charge in [-0.15, -0.1) is 0 Å². The van der Waals surface area contributed by atoms with Crippen molar-refractivity contribution in [2.45, 2.75) is 25.6 Å². The Bertz CT molecular complexity index is 356. The van der Waals surface area contributed by atoms with Crippen molar-refractivity contribution in [2.24, 2.45) is 0 Å². The van der Waals surface area contributed by atoms with Gasteiger partial charge in [0, 0.05) is 25.5 Å². The lowest BCUT2D eigenvalue weighted by Crippen LogP contribution is -2.46. The summed E-state index contributed by atoms with van der Waals surface area (Å²) in [6, 6.07) is 1.91. The molecule has 0 bridgehead atoms. The third-order valence-electron chi connectivity index (χ3n) is 2.97. The molecule has 0 unspecified atom stereocenters. The number of piperidine rings is 1. The number of hydrogen-bond donors (Lipinski definition) is 1. The van der Waals surface area contributed by atoms with Crippen molar-refractivity contribution in [3.63, 3.8) is 0 Å². The first-order chi connectivity index (χ1) is 7.65. The molecule has 1 N–H and O–H groups in total. The number of aryl methyl sites for hydroxylation is 1. The Labute approximate surface area is 95.7 Å². The highest BCUT2D eigenvalue weighted by atomic mass is 19.1. The largest absolute Gasteiger partial charge is 0.378 e. The number of anilines is 1. The zero-order chi connectivity index (χ0) is 11.5. The van der Waals surface area contributed by atoms with Crippen LogP contribution in [-0.2, 0) is 0 Å². The first-order valence-corrected chi connectivity index (χ1v) is 5.66. The van der Waals surface area contributed by atoms with E-state index in [2.05, 4.69) is 10.3 Å². The Hall–Kier alpha value is -1.16. The SMILES string of the molecule is Cc1cncc(N[C@H]2CCN(C)C[C@H]2F)c1. The summed E-state index contributed by atoms with van der Waals surface area (Å²) in [6.07, 6.45) is 3.58. The fourth-order valence-electron chi connectivity index (χ4n) is 2.07. The maximum absolute atomic E-state index is 13.8. The molecule has 0 aliphatic carbocycles. The second-order valence-corrected chi connectivity index (χ2v) is 4.57. The molecule has 88 valence electrons. The third-order valence-corrected chi connectivity index (χ3v) is 2.97. The summed E-state index contributed by atoms with van der Waals surface area (Å²) in [4.78, 5) is 6.12. The van der Waals surface area contributed by atoms with Gasteiger partial charge in [0.25, 0.3) is 0 Å². The molecule has 1 aromatic heterocycles. The molecule has 16 heavy (non-hydrogen) atoms. The summed E-state index contributed by atoms with van der Waals surface area (Å²) >= 11 is 0. The van der Waals surface area contributed by atoms with Gasteiger partial charge in [0.2, 0.25) is 0 Å². The zero-order valence-electron chi connectivity index (χ0n) is 9.78. The minimum atomic E-state index is -0.806. The normalized spacial score (nSPS) is 26.7. The highest BCUT2D eigenvalue weighted by molar-refractivity contribution is 5.43. The second kappa shape index (κ2) is 4.78. The molecule has 0 spiro atoms. The third kappa shape index (κ3) is 2.70. The molecule has 0 aromatic carbocycles. The molecule has 0 radical (unpaired) electrons. The second-order valence-electron chi connectivity index (χ2n) is 4.57. The zero-order valence-corrected chi connectivity index (χ0v) is 9.78. The molecule has 4 heteroatoms. The predicted molar refractivity (Wildman–Crippen MR) is 63.4 cm³/mol. The van der Waals surface area contributed by atoms with E-state index in [4.69, 9.17) is 0 Å². The van der Waals surface area contributed by atoms with Gasteiger partial charge in [0.1, 0.15) is 6.17 Å². The van der Waals surface area contributed by atoms with Gasteiger partial charge in [-0.1, -0.05) is 0 Å². The van der Waals surface area contributed by atoms with E-state index < -0.39 is 6.17 Å². The van der Waals surface area contributed by atoms with Crippen LogP contribution in [0.25, 0.3) is 0 Å². The summed E-state index contributed by atoms with van der Waals surface area (Å²) in [6.45, 7) is 3.44. The van der Waals surface area contributed by atoms with Crippen LogP contribution in [-0.4, -0.2) is 42.2 Å². The maximum atomic E-state index is 13.8. The minimum absolute atomic E-state index is 0.0835. The Balaban J connectivity index is 1.99. The lowest BCUT2D eigenvalue weighted by atomic mass is 10.0. The van der Waals surface area contributed by atoms with Crippen molar-refractivity contribution in [3.8, 4) is 0 Å². The van der Waals surface area contributed by atoms with Crippen LogP contribution >= 0.6 is 0 Å². The van der Waals surface area contributed by atoms with Crippen LogP contribution in [0.2, 0.25) is 0 Å². The number of pyridine rings is 1. The number of nitrogens with zero attached hydrogens (tertiary/aromatic N) is 2. The van der Waals surface area contributed by atoms with Crippen molar-refractivity contribution in [2.75, 3.05) is 25.5 Å². The highest BCUT2D eigenvalue weighted by Crippen LogP contribution is 2.18. The van der Waals surface area contributed by atoms with Crippen LogP contribution in [0.5, 0.6) is 0 Å². The molecule has 0 saturated carbocycles. The van der Waals surface area contributed by atoms with Gasteiger partial charge < -0.3 is 10.2 Å². The smallest absolute Gasteiger partial charge is 0.133 e. The first kappa shape index (κ1) is 11.3. The average Bonchev–Trinajstić information content (AvgIpc) is 2.22. The van der Waals surface area contributed by atoms with Gasteiger partial charge in [0.05, 0.1) is 11.7 Å². The van der Waals surface area contributed by atoms with E-state index in [1.807, 2.05) is 24.9 Å². The van der Waals surface area contributed by atoms with E-state index in [1.165, 1.54) is 0 Å². The summed E-state index contributed by atoms with van der Waals surface area (Å²) in [7, 11) is 1.96. The number of alkyl halides is 1. The van der Waals surface area contributed by atoms with Crippen molar-refractivity contribution >= 4 is 5.69 Å². The van der Waals surface area contributed by atoms with Crippen molar-refractivity contribution in [3.05, 3.63) is 24.0 Å². The van der Waals surface area contributed by atoms with Gasteiger partial charge in [-0.25, -0.2) is 4.39 Å². The van der Waals surface area contributed by atoms with Crippen molar-refractivity contribution < 1.29 is 4.39 Å². The molecule has 2 rings (SSSR count). The van der Waals surface area contributed by atoms with E-state index in [0.717, 1.165) is 24.2 Å². The molecule has 1 aromatic rings. The molecule has 1 saturated heterocycles. The molecule has 1 fully saturated rings. The van der Waals surface area contributed by atoms with Crippen LogP contribution in [0.15, 0.2) is 18.5 Å². The van der Waals surface area contributed by atoms with Crippen LogP contribution in [0.1, 0.15) is 12.0 Å². The first-order valence-electron chi connectivity index (χ1n) is 5.66. The van der Waals surface area contributed by atoms with E-state index in [1.54, 1.807) is 12.4 Å². The summed E-state index contributed by atoms with van der Waals surface area (Å²) in [5.74, 6) is 0. The molecule has 2 atom stereocenters. The van der Waals surface area contributed by atoms with Crippen LogP contribution in [0.3, 0.4) is 0 Å². The number of aromatic nitrogens is 1. The monoisotopic (exact) mass is 223 g/mol. The van der Waals surface area contributed by atoms with Crippen LogP contribution < -0.4 is 5.32 Å². The summed E-state index contributed by atoms with van der Waals surface area (Å²) in [5.41, 5.74) is 2.01. The average molecular weight is 223 g/mol. The van der Waals surface area contributed by atoms with Gasteiger partial charge >= 0.3 is 0 Å². The quantitative estimate of drug-likeness (QED) is 0.829. The minimum Gasteiger partial charge on any atom is -0.378 e. The van der Waals surface area contributed by atoms with Gasteiger partial charge in [-0.3, -0.25) is 4.98 Å². The molecule has 2 heterocycles. The lowest BCUT2D eigenvalue weighted by Gasteiger charge is -2.33. The Morgan fingerprint density at radius 3 is 3.00 bits per heavy atom. The fourth-order valence-corrected chi connectivity index (χ4v) is 2.07. The molecule has 3 nitrogen and oxygen atoms in total. The van der Waals surface area contributed by atoms with E-state index in [0.29, 0.717) is 6.54 Å². The summed E-state index contributed by atoms with van der Waals surface area (Å²) < 4.78 is 13.8. The molecule has 0 amide bonds. The fraction of sp³-hybridized carbons (Fsp3) is 0.583. The number of likely N-dealkylation sites (tertiary alicyclic amines) is 1. The topological polar surface area (TPSA) is 28.2 Å². The number of nitrogens with one attached hydrogen (secondary N) is 1. The Morgan fingerprint density at radius 2 is 2.31 bits per heavy atom. The number of halogens is 1. The van der Waals surface area contributed by atoms with Gasteiger partial charge in [-0.2, -0.15) is 0 Å². The molecular formula is C12H18FN3. The molecule has 1 aliphatic rings. The van der Waals surface area contributed by atoms with Gasteiger partial charge in [-0.05, 0) is 32.0 Å². The van der Waals surface area contributed by atoms with Crippen molar-refractivity contribution in [1.82, 2.24) is 9.88 Å². The van der Waals surface area contributed by atoms with E-state index >= 15 is 0 Å². The van der Waals surface area contributed by atoms with Crippen LogP contribution in [0.4, 0.5) is 10.1 Å². The van der Waals surface area contributed by atoms with E-state index in [9.17, 15) is 4.39 Å². The highest BCUT2D eigenvalue weighted by Gasteiger charge is 2.27. The van der Waals surface area contributed by atoms with Crippen LogP contribution in [0, 0.1) is 6.92 Å².